The molecule has 2 aromatic carbocycles. The molecule has 2 rings (SSSR count). The highest BCUT2D eigenvalue weighted by molar-refractivity contribution is 5.94. The number of nitrogens with zero attached hydrogens (tertiary/aromatic N) is 1. The van der Waals surface area contributed by atoms with E-state index in [4.69, 9.17) is 14.7 Å². The molecule has 1 atom stereocenters. The fraction of sp³-hybridized carbons (Fsp3) is 0.263. The van der Waals surface area contributed by atoms with Gasteiger partial charge >= 0.3 is 0 Å². The topological polar surface area (TPSA) is 71.3 Å². The summed E-state index contributed by atoms with van der Waals surface area (Å²) in [6, 6.07) is 16.5. The van der Waals surface area contributed by atoms with Gasteiger partial charge < -0.3 is 14.8 Å². The average molecular weight is 324 g/mol. The fourth-order valence-corrected chi connectivity index (χ4v) is 2.21. The maximum absolute atomic E-state index is 12.4. The number of carbonyl (C=O) groups excluding carboxylic acids is 1. The first-order chi connectivity index (χ1) is 11.7. The highest BCUT2D eigenvalue weighted by atomic mass is 16.5. The first kappa shape index (κ1) is 17.4. The van der Waals surface area contributed by atoms with Gasteiger partial charge in [0.15, 0.2) is 17.6 Å². The minimum absolute atomic E-state index is 0.226. The number of nitriles is 1. The molecule has 1 N–H and O–H groups in total. The van der Waals surface area contributed by atoms with Crippen molar-refractivity contribution in [2.45, 2.75) is 25.9 Å². The van der Waals surface area contributed by atoms with Crippen LogP contribution < -0.4 is 14.8 Å². The minimum atomic E-state index is -0.625. The molecule has 0 saturated carbocycles. The number of anilines is 1. The van der Waals surface area contributed by atoms with Crippen molar-refractivity contribution in [2.75, 3.05) is 12.4 Å². The van der Waals surface area contributed by atoms with Crippen LogP contribution >= 0.6 is 0 Å². The predicted molar refractivity (Wildman–Crippen MR) is 92.1 cm³/mol. The zero-order valence-corrected chi connectivity index (χ0v) is 13.8. The summed E-state index contributed by atoms with van der Waals surface area (Å²) in [5.41, 5.74) is 1.58. The summed E-state index contributed by atoms with van der Waals surface area (Å²) < 4.78 is 11.0. The molecule has 0 fully saturated rings. The standard InChI is InChI=1S/C19H20N2O3/c1-3-16(24-18-7-5-4-6-17(18)23-2)19(22)21-15-10-8-14(9-11-15)12-13-20/h4-11,16H,3,12H2,1-2H3,(H,21,22). The lowest BCUT2D eigenvalue weighted by Gasteiger charge is -2.19. The van der Waals surface area contributed by atoms with Crippen molar-refractivity contribution in [1.82, 2.24) is 0 Å². The Morgan fingerprint density at radius 1 is 1.17 bits per heavy atom. The number of carbonyl (C=O) groups is 1. The van der Waals surface area contributed by atoms with Gasteiger partial charge in [0.1, 0.15) is 0 Å². The van der Waals surface area contributed by atoms with E-state index in [1.165, 1.54) is 0 Å². The van der Waals surface area contributed by atoms with Crippen LogP contribution in [0.25, 0.3) is 0 Å². The van der Waals surface area contributed by atoms with Crippen molar-refractivity contribution >= 4 is 11.6 Å². The first-order valence-electron chi connectivity index (χ1n) is 7.74. The molecule has 0 aromatic heterocycles. The van der Waals surface area contributed by atoms with Crippen LogP contribution in [0.15, 0.2) is 48.5 Å². The predicted octanol–water partition coefficient (Wildman–Crippen LogP) is 3.56. The largest absolute Gasteiger partial charge is 0.493 e. The van der Waals surface area contributed by atoms with Gasteiger partial charge in [-0.2, -0.15) is 5.26 Å². The molecule has 2 aromatic rings. The Balaban J connectivity index is 2.04. The SMILES string of the molecule is CCC(Oc1ccccc1OC)C(=O)Nc1ccc(CC#N)cc1. The number of ether oxygens (including phenoxy) is 2. The zero-order chi connectivity index (χ0) is 17.4. The quantitative estimate of drug-likeness (QED) is 0.845. The van der Waals surface area contributed by atoms with Gasteiger partial charge in [0.25, 0.3) is 5.91 Å². The van der Waals surface area contributed by atoms with Gasteiger partial charge in [-0.3, -0.25) is 4.79 Å². The summed E-state index contributed by atoms with van der Waals surface area (Å²) in [7, 11) is 1.56. The number of benzene rings is 2. The molecule has 1 unspecified atom stereocenters. The van der Waals surface area contributed by atoms with Crippen LogP contribution in [0.5, 0.6) is 11.5 Å². The molecular weight excluding hydrogens is 304 g/mol. The number of hydrogen-bond donors (Lipinski definition) is 1. The summed E-state index contributed by atoms with van der Waals surface area (Å²) in [4.78, 5) is 12.4. The summed E-state index contributed by atoms with van der Waals surface area (Å²) in [6.45, 7) is 1.88. The Hall–Kier alpha value is -3.00. The van der Waals surface area contributed by atoms with E-state index in [1.54, 1.807) is 31.4 Å². The molecule has 0 aliphatic rings. The van der Waals surface area contributed by atoms with Crippen LogP contribution in [0.2, 0.25) is 0 Å². The maximum atomic E-state index is 12.4. The first-order valence-corrected chi connectivity index (χ1v) is 7.74. The van der Waals surface area contributed by atoms with Gasteiger partial charge in [-0.25, -0.2) is 0 Å². The number of amides is 1. The highest BCUT2D eigenvalue weighted by Crippen LogP contribution is 2.27. The highest BCUT2D eigenvalue weighted by Gasteiger charge is 2.20. The monoisotopic (exact) mass is 324 g/mol. The van der Waals surface area contributed by atoms with Crippen LogP contribution in [-0.4, -0.2) is 19.1 Å². The molecule has 5 nitrogen and oxygen atoms in total. The second-order valence-electron chi connectivity index (χ2n) is 5.19. The molecule has 24 heavy (non-hydrogen) atoms. The van der Waals surface area contributed by atoms with Gasteiger partial charge in [0, 0.05) is 5.69 Å². The number of rotatable bonds is 7. The molecule has 0 heterocycles. The minimum Gasteiger partial charge on any atom is -0.493 e. The number of para-hydroxylation sites is 2. The number of hydrogen-bond acceptors (Lipinski definition) is 4. The summed E-state index contributed by atoms with van der Waals surface area (Å²) >= 11 is 0. The third-order valence-corrected chi connectivity index (χ3v) is 3.51. The van der Waals surface area contributed by atoms with E-state index in [0.29, 0.717) is 30.0 Å². The molecule has 0 spiro atoms. The molecule has 0 aliphatic carbocycles. The van der Waals surface area contributed by atoms with Crippen molar-refractivity contribution in [3.05, 3.63) is 54.1 Å². The third-order valence-electron chi connectivity index (χ3n) is 3.51. The van der Waals surface area contributed by atoms with E-state index in [2.05, 4.69) is 11.4 Å². The van der Waals surface area contributed by atoms with Crippen LogP contribution in [0, 0.1) is 11.3 Å². The Kier molecular flexibility index (Phi) is 6.21. The molecule has 5 heteroatoms. The summed E-state index contributed by atoms with van der Waals surface area (Å²) in [5, 5.41) is 11.5. The second-order valence-corrected chi connectivity index (χ2v) is 5.19. The van der Waals surface area contributed by atoms with Crippen LogP contribution in [-0.2, 0) is 11.2 Å². The Bertz CT molecular complexity index is 720. The molecular formula is C19H20N2O3. The lowest BCUT2D eigenvalue weighted by molar-refractivity contribution is -0.122. The smallest absolute Gasteiger partial charge is 0.265 e. The van der Waals surface area contributed by atoms with Gasteiger partial charge in [-0.15, -0.1) is 0 Å². The van der Waals surface area contributed by atoms with E-state index < -0.39 is 6.10 Å². The van der Waals surface area contributed by atoms with Gasteiger partial charge in [-0.1, -0.05) is 31.2 Å². The van der Waals surface area contributed by atoms with Crippen LogP contribution in [0.3, 0.4) is 0 Å². The molecule has 0 saturated heterocycles. The normalized spacial score (nSPS) is 11.2. The van der Waals surface area contributed by atoms with E-state index in [1.807, 2.05) is 31.2 Å². The van der Waals surface area contributed by atoms with Crippen LogP contribution in [0.4, 0.5) is 5.69 Å². The Morgan fingerprint density at radius 3 is 2.42 bits per heavy atom. The van der Waals surface area contributed by atoms with E-state index in [0.717, 1.165) is 5.56 Å². The van der Waals surface area contributed by atoms with Gasteiger partial charge in [0.05, 0.1) is 19.6 Å². The van der Waals surface area contributed by atoms with Crippen molar-refractivity contribution in [2.24, 2.45) is 0 Å². The van der Waals surface area contributed by atoms with Crippen LogP contribution in [0.1, 0.15) is 18.9 Å². The molecule has 0 aliphatic heterocycles. The van der Waals surface area contributed by atoms with E-state index >= 15 is 0 Å². The number of methoxy groups -OCH3 is 1. The van der Waals surface area contributed by atoms with Gasteiger partial charge in [-0.05, 0) is 36.2 Å². The van der Waals surface area contributed by atoms with Gasteiger partial charge in [0.2, 0.25) is 0 Å². The lowest BCUT2D eigenvalue weighted by atomic mass is 10.1. The summed E-state index contributed by atoms with van der Waals surface area (Å²) in [6.07, 6.45) is 0.249. The van der Waals surface area contributed by atoms with Crippen molar-refractivity contribution in [3.8, 4) is 17.6 Å². The molecule has 0 bridgehead atoms. The lowest BCUT2D eigenvalue weighted by Crippen LogP contribution is -2.32. The van der Waals surface area contributed by atoms with Crippen molar-refractivity contribution in [3.63, 3.8) is 0 Å². The molecule has 124 valence electrons. The zero-order valence-electron chi connectivity index (χ0n) is 13.8. The molecule has 0 radical (unpaired) electrons. The van der Waals surface area contributed by atoms with Crippen molar-refractivity contribution in [1.29, 1.82) is 5.26 Å². The second kappa shape index (κ2) is 8.59. The van der Waals surface area contributed by atoms with E-state index in [9.17, 15) is 4.79 Å². The Morgan fingerprint density at radius 2 is 1.83 bits per heavy atom. The summed E-state index contributed by atoms with van der Waals surface area (Å²) in [5.74, 6) is 0.896. The average Bonchev–Trinajstić information content (AvgIpc) is 2.61. The number of nitrogens with one attached hydrogen (secondary N) is 1. The van der Waals surface area contributed by atoms with Crippen molar-refractivity contribution < 1.29 is 14.3 Å². The fourth-order valence-electron chi connectivity index (χ4n) is 2.21. The third kappa shape index (κ3) is 4.50. The maximum Gasteiger partial charge on any atom is 0.265 e. The Labute approximate surface area is 141 Å². The molecule has 1 amide bonds. The van der Waals surface area contributed by atoms with E-state index in [-0.39, 0.29) is 5.91 Å².